The Morgan fingerprint density at radius 2 is 2.32 bits per heavy atom. The van der Waals surface area contributed by atoms with Crippen LogP contribution in [0.15, 0.2) is 23.4 Å². The van der Waals surface area contributed by atoms with Crippen LogP contribution in [0.5, 0.6) is 5.75 Å². The van der Waals surface area contributed by atoms with Crippen molar-refractivity contribution in [3.8, 4) is 5.75 Å². The zero-order chi connectivity index (χ0) is 13.8. The van der Waals surface area contributed by atoms with Gasteiger partial charge >= 0.3 is 0 Å². The van der Waals surface area contributed by atoms with E-state index in [4.69, 9.17) is 9.94 Å². The second kappa shape index (κ2) is 6.02. The fraction of sp³-hybridized carbons (Fsp3) is 0.500. The number of oxime groups is 1. The van der Waals surface area contributed by atoms with Crippen molar-refractivity contribution in [2.75, 3.05) is 20.2 Å². The second-order valence-electron chi connectivity index (χ2n) is 4.93. The molecule has 1 unspecified atom stereocenters. The van der Waals surface area contributed by atoms with Crippen molar-refractivity contribution in [2.45, 2.75) is 19.9 Å². The molecular formula is C14H19FN2O2. The van der Waals surface area contributed by atoms with Gasteiger partial charge in [0.15, 0.2) is 0 Å². The van der Waals surface area contributed by atoms with Crippen molar-refractivity contribution in [3.63, 3.8) is 0 Å². The van der Waals surface area contributed by atoms with Crippen LogP contribution in [0.1, 0.15) is 18.9 Å². The fourth-order valence-corrected chi connectivity index (χ4v) is 2.42. The number of hydrogen-bond donors (Lipinski definition) is 1. The molecule has 2 rings (SSSR count). The smallest absolute Gasteiger partial charge is 0.131 e. The summed E-state index contributed by atoms with van der Waals surface area (Å²) in [5.41, 5.74) is 1.49. The molecule has 0 spiro atoms. The lowest BCUT2D eigenvalue weighted by molar-refractivity contribution is 0.226. The molecule has 0 amide bonds. The lowest BCUT2D eigenvalue weighted by atomic mass is 9.97. The Morgan fingerprint density at radius 3 is 2.89 bits per heavy atom. The van der Waals surface area contributed by atoms with Gasteiger partial charge in [-0.3, -0.25) is 4.90 Å². The van der Waals surface area contributed by atoms with Gasteiger partial charge in [-0.15, -0.1) is 0 Å². The predicted octanol–water partition coefficient (Wildman–Crippen LogP) is 2.51. The summed E-state index contributed by atoms with van der Waals surface area (Å²) >= 11 is 0. The first-order valence-corrected chi connectivity index (χ1v) is 6.39. The van der Waals surface area contributed by atoms with Crippen LogP contribution in [0.25, 0.3) is 0 Å². The molecule has 1 saturated heterocycles. The minimum atomic E-state index is -0.242. The third-order valence-corrected chi connectivity index (χ3v) is 3.57. The van der Waals surface area contributed by atoms with Crippen LogP contribution in [0.3, 0.4) is 0 Å². The molecular weight excluding hydrogens is 247 g/mol. The van der Waals surface area contributed by atoms with Crippen molar-refractivity contribution in [3.05, 3.63) is 29.6 Å². The lowest BCUT2D eigenvalue weighted by Crippen LogP contribution is -2.39. The monoisotopic (exact) mass is 266 g/mol. The van der Waals surface area contributed by atoms with Gasteiger partial charge in [0.25, 0.3) is 0 Å². The normalized spacial score (nSPS) is 22.7. The summed E-state index contributed by atoms with van der Waals surface area (Å²) in [4.78, 5) is 2.17. The zero-order valence-electron chi connectivity index (χ0n) is 11.3. The Balaban J connectivity index is 2.02. The predicted molar refractivity (Wildman–Crippen MR) is 71.2 cm³/mol. The van der Waals surface area contributed by atoms with E-state index in [9.17, 15) is 4.39 Å². The third kappa shape index (κ3) is 3.23. The lowest BCUT2D eigenvalue weighted by Gasteiger charge is -2.31. The summed E-state index contributed by atoms with van der Waals surface area (Å²) in [6.07, 6.45) is 0.732. The van der Waals surface area contributed by atoms with Crippen LogP contribution >= 0.6 is 0 Å². The molecule has 0 aliphatic carbocycles. The summed E-state index contributed by atoms with van der Waals surface area (Å²) in [7, 11) is 1.52. The summed E-state index contributed by atoms with van der Waals surface area (Å²) in [6.45, 7) is 4.16. The van der Waals surface area contributed by atoms with Gasteiger partial charge in [0.05, 0.1) is 12.8 Å². The average molecular weight is 266 g/mol. The molecule has 1 heterocycles. The maximum atomic E-state index is 13.9. The Kier molecular flexibility index (Phi) is 4.37. The first kappa shape index (κ1) is 13.8. The largest absolute Gasteiger partial charge is 0.497 e. The molecule has 1 atom stereocenters. The van der Waals surface area contributed by atoms with Crippen LogP contribution in [0.4, 0.5) is 4.39 Å². The van der Waals surface area contributed by atoms with Crippen molar-refractivity contribution < 1.29 is 14.3 Å². The van der Waals surface area contributed by atoms with Gasteiger partial charge in [-0.25, -0.2) is 4.39 Å². The molecule has 0 radical (unpaired) electrons. The Labute approximate surface area is 112 Å². The van der Waals surface area contributed by atoms with Crippen LogP contribution in [-0.4, -0.2) is 36.0 Å². The molecule has 0 bridgehead atoms. The number of piperidine rings is 1. The maximum absolute atomic E-state index is 13.9. The van der Waals surface area contributed by atoms with Crippen molar-refractivity contribution in [1.29, 1.82) is 0 Å². The number of nitrogens with zero attached hydrogens (tertiary/aromatic N) is 2. The topological polar surface area (TPSA) is 45.1 Å². The van der Waals surface area contributed by atoms with Gasteiger partial charge < -0.3 is 9.94 Å². The highest BCUT2D eigenvalue weighted by Gasteiger charge is 2.23. The number of hydrogen-bond acceptors (Lipinski definition) is 4. The molecule has 0 saturated carbocycles. The van der Waals surface area contributed by atoms with Crippen LogP contribution < -0.4 is 4.74 Å². The third-order valence-electron chi connectivity index (χ3n) is 3.57. The van der Waals surface area contributed by atoms with Gasteiger partial charge in [0, 0.05) is 43.6 Å². The van der Waals surface area contributed by atoms with Gasteiger partial charge in [0.1, 0.15) is 11.6 Å². The van der Waals surface area contributed by atoms with E-state index in [0.29, 0.717) is 17.9 Å². The molecule has 0 aromatic heterocycles. The standard InChI is InChI=1S/C14H19FN2O2/c1-10-8-17(6-5-14(10)16-18)9-11-3-4-12(19-2)7-13(11)15/h3-4,7,10,18H,5-6,8-9H2,1-2H3/b16-14-. The first-order valence-electron chi connectivity index (χ1n) is 6.39. The van der Waals surface area contributed by atoms with Crippen molar-refractivity contribution >= 4 is 5.71 Å². The SMILES string of the molecule is COc1ccc(CN2CC/C(=N/O)C(C)C2)c(F)c1. The van der Waals surface area contributed by atoms with Crippen LogP contribution in [0.2, 0.25) is 0 Å². The summed E-state index contributed by atoms with van der Waals surface area (Å²) in [5.74, 6) is 0.497. The zero-order valence-corrected chi connectivity index (χ0v) is 11.3. The number of halogens is 1. The second-order valence-corrected chi connectivity index (χ2v) is 4.93. The average Bonchev–Trinajstić information content (AvgIpc) is 2.41. The number of likely N-dealkylation sites (tertiary alicyclic amines) is 1. The molecule has 1 aromatic carbocycles. The highest BCUT2D eigenvalue weighted by molar-refractivity contribution is 5.86. The highest BCUT2D eigenvalue weighted by atomic mass is 19.1. The Morgan fingerprint density at radius 1 is 1.53 bits per heavy atom. The van der Waals surface area contributed by atoms with E-state index in [0.717, 1.165) is 25.2 Å². The molecule has 1 aliphatic heterocycles. The first-order chi connectivity index (χ1) is 9.13. The van der Waals surface area contributed by atoms with E-state index in [1.165, 1.54) is 13.2 Å². The molecule has 1 aliphatic rings. The number of rotatable bonds is 3. The highest BCUT2D eigenvalue weighted by Crippen LogP contribution is 2.20. The van der Waals surface area contributed by atoms with Crippen molar-refractivity contribution in [2.24, 2.45) is 11.1 Å². The fourth-order valence-electron chi connectivity index (χ4n) is 2.42. The molecule has 4 nitrogen and oxygen atoms in total. The number of ether oxygens (including phenoxy) is 1. The van der Waals surface area contributed by atoms with Crippen LogP contribution in [0, 0.1) is 11.7 Å². The molecule has 19 heavy (non-hydrogen) atoms. The maximum Gasteiger partial charge on any atom is 0.131 e. The summed E-state index contributed by atoms with van der Waals surface area (Å²) < 4.78 is 18.9. The summed E-state index contributed by atoms with van der Waals surface area (Å²) in [5, 5.41) is 12.1. The minimum absolute atomic E-state index is 0.208. The van der Waals surface area contributed by atoms with E-state index in [1.54, 1.807) is 12.1 Å². The van der Waals surface area contributed by atoms with Crippen LogP contribution in [-0.2, 0) is 6.54 Å². The molecule has 5 heteroatoms. The van der Waals surface area contributed by atoms with Gasteiger partial charge in [-0.1, -0.05) is 18.1 Å². The molecule has 1 fully saturated rings. The molecule has 1 aromatic rings. The Bertz CT molecular complexity index is 477. The van der Waals surface area contributed by atoms with E-state index in [-0.39, 0.29) is 11.7 Å². The summed E-state index contributed by atoms with van der Waals surface area (Å²) in [6, 6.07) is 4.93. The number of methoxy groups -OCH3 is 1. The van der Waals surface area contributed by atoms with E-state index < -0.39 is 0 Å². The Hall–Kier alpha value is -1.62. The minimum Gasteiger partial charge on any atom is -0.497 e. The van der Waals surface area contributed by atoms with Gasteiger partial charge in [0.2, 0.25) is 0 Å². The quantitative estimate of drug-likeness (QED) is 0.675. The van der Waals surface area contributed by atoms with E-state index >= 15 is 0 Å². The van der Waals surface area contributed by atoms with Gasteiger partial charge in [-0.05, 0) is 6.07 Å². The van der Waals surface area contributed by atoms with E-state index in [1.807, 2.05) is 6.92 Å². The molecule has 104 valence electrons. The molecule has 1 N–H and O–H groups in total. The van der Waals surface area contributed by atoms with Crippen molar-refractivity contribution in [1.82, 2.24) is 4.90 Å². The number of benzene rings is 1. The van der Waals surface area contributed by atoms with E-state index in [2.05, 4.69) is 10.1 Å². The van der Waals surface area contributed by atoms with Gasteiger partial charge in [-0.2, -0.15) is 0 Å².